The van der Waals surface area contributed by atoms with Crippen molar-refractivity contribution in [2.24, 2.45) is 5.92 Å². The number of imidazole rings is 1. The van der Waals surface area contributed by atoms with Gasteiger partial charge in [0.2, 0.25) is 11.8 Å². The maximum atomic E-state index is 13.2. The summed E-state index contributed by atoms with van der Waals surface area (Å²) in [5, 5.41) is 0. The first-order chi connectivity index (χ1) is 14.5. The van der Waals surface area contributed by atoms with Crippen molar-refractivity contribution in [3.63, 3.8) is 0 Å². The van der Waals surface area contributed by atoms with Crippen LogP contribution in [0.3, 0.4) is 0 Å². The summed E-state index contributed by atoms with van der Waals surface area (Å²) in [4.78, 5) is 35.9. The Hall–Kier alpha value is -3.17. The van der Waals surface area contributed by atoms with Crippen LogP contribution in [0.5, 0.6) is 5.88 Å². The van der Waals surface area contributed by atoms with E-state index in [9.17, 15) is 9.18 Å². The van der Waals surface area contributed by atoms with Crippen LogP contribution in [0.2, 0.25) is 0 Å². The summed E-state index contributed by atoms with van der Waals surface area (Å²) in [6.45, 7) is 5.50. The number of aryl methyl sites for hydroxylation is 2. The molecule has 3 aromatic heterocycles. The van der Waals surface area contributed by atoms with Crippen molar-refractivity contribution in [3.8, 4) is 17.3 Å². The highest BCUT2D eigenvalue weighted by Crippen LogP contribution is 2.36. The molecular formula is C20H22FN7O2. The fourth-order valence-electron chi connectivity index (χ4n) is 3.87. The summed E-state index contributed by atoms with van der Waals surface area (Å²) in [5.41, 5.74) is 2.02. The number of carbonyl (C=O) groups is 1. The second kappa shape index (κ2) is 7.26. The van der Waals surface area contributed by atoms with Gasteiger partial charge in [-0.25, -0.2) is 24.3 Å². The van der Waals surface area contributed by atoms with Crippen molar-refractivity contribution in [2.75, 3.05) is 13.1 Å². The van der Waals surface area contributed by atoms with Crippen molar-refractivity contribution in [2.45, 2.75) is 45.5 Å². The van der Waals surface area contributed by atoms with Crippen molar-refractivity contribution in [1.29, 1.82) is 0 Å². The summed E-state index contributed by atoms with van der Waals surface area (Å²) >= 11 is 0. The third-order valence-corrected chi connectivity index (χ3v) is 5.62. The van der Waals surface area contributed by atoms with E-state index in [0.29, 0.717) is 61.2 Å². The third-order valence-electron chi connectivity index (χ3n) is 5.62. The summed E-state index contributed by atoms with van der Waals surface area (Å²) in [5.74, 6) is 1.19. The molecule has 0 aromatic carbocycles. The lowest BCUT2D eigenvalue weighted by atomic mass is 10.3. The molecule has 4 heterocycles. The van der Waals surface area contributed by atoms with E-state index < -0.39 is 12.1 Å². The van der Waals surface area contributed by atoms with Crippen LogP contribution in [0.1, 0.15) is 25.6 Å². The number of hydrogen-bond donors (Lipinski definition) is 0. The number of carbonyl (C=O) groups excluding carboxylic acids is 1. The Kier molecular flexibility index (Phi) is 4.56. The maximum absolute atomic E-state index is 13.2. The predicted octanol–water partition coefficient (Wildman–Crippen LogP) is 1.95. The van der Waals surface area contributed by atoms with Gasteiger partial charge >= 0.3 is 0 Å². The minimum absolute atomic E-state index is 0.113. The lowest BCUT2D eigenvalue weighted by Gasteiger charge is -2.16. The molecule has 0 spiro atoms. The fourth-order valence-corrected chi connectivity index (χ4v) is 3.87. The normalized spacial score (nSPS) is 23.2. The van der Waals surface area contributed by atoms with Gasteiger partial charge in [0, 0.05) is 31.9 Å². The van der Waals surface area contributed by atoms with Crippen LogP contribution in [0.25, 0.3) is 22.6 Å². The molecule has 3 aromatic rings. The predicted molar refractivity (Wildman–Crippen MR) is 105 cm³/mol. The van der Waals surface area contributed by atoms with Gasteiger partial charge in [0.1, 0.15) is 30.3 Å². The number of nitrogens with zero attached hydrogens (tertiary/aromatic N) is 7. The van der Waals surface area contributed by atoms with E-state index in [1.807, 2.05) is 18.4 Å². The molecule has 5 rings (SSSR count). The van der Waals surface area contributed by atoms with Gasteiger partial charge in [0.25, 0.3) is 0 Å². The lowest BCUT2D eigenvalue weighted by molar-refractivity contribution is -0.132. The quantitative estimate of drug-likeness (QED) is 0.633. The number of alkyl halides is 1. The molecule has 2 unspecified atom stereocenters. The van der Waals surface area contributed by atoms with Crippen molar-refractivity contribution < 1.29 is 13.9 Å². The monoisotopic (exact) mass is 411 g/mol. The standard InChI is InChI=1S/C20H22FN7O2/c1-3-28-17(12-7-22-11(2)23-8-12)26-16-18(28)24-10-25-19(16)30-13-4-5-27(9-13)20(29)14-6-15(14)21/h7-8,10,13-15H,3-6,9H2,1-2H3/t13-,14?,15?/m0/s1. The summed E-state index contributed by atoms with van der Waals surface area (Å²) in [7, 11) is 0. The van der Waals surface area contributed by atoms with Crippen LogP contribution in [-0.4, -0.2) is 65.7 Å². The molecule has 3 atom stereocenters. The highest BCUT2D eigenvalue weighted by atomic mass is 19.1. The topological polar surface area (TPSA) is 98.9 Å². The van der Waals surface area contributed by atoms with Gasteiger partial charge in [0.15, 0.2) is 11.2 Å². The molecule has 156 valence electrons. The van der Waals surface area contributed by atoms with Gasteiger partial charge in [-0.05, 0) is 20.3 Å². The number of fused-ring (bicyclic) bond motifs is 1. The molecule has 1 saturated heterocycles. The number of halogens is 1. The van der Waals surface area contributed by atoms with Crippen LogP contribution in [0.15, 0.2) is 18.7 Å². The van der Waals surface area contributed by atoms with Crippen LogP contribution in [0, 0.1) is 12.8 Å². The lowest BCUT2D eigenvalue weighted by Crippen LogP contribution is -2.32. The Morgan fingerprint density at radius 1 is 1.27 bits per heavy atom. The number of amides is 1. The zero-order valence-corrected chi connectivity index (χ0v) is 16.8. The number of hydrogen-bond acceptors (Lipinski definition) is 7. The Labute approximate surface area is 172 Å². The molecule has 1 aliphatic heterocycles. The van der Waals surface area contributed by atoms with E-state index in [1.165, 1.54) is 6.33 Å². The molecule has 30 heavy (non-hydrogen) atoms. The molecule has 0 N–H and O–H groups in total. The number of likely N-dealkylation sites (tertiary alicyclic amines) is 1. The van der Waals surface area contributed by atoms with Crippen LogP contribution in [-0.2, 0) is 11.3 Å². The van der Waals surface area contributed by atoms with Gasteiger partial charge < -0.3 is 14.2 Å². The molecule has 1 amide bonds. The molecule has 10 heteroatoms. The summed E-state index contributed by atoms with van der Waals surface area (Å²) < 4.78 is 21.3. The Morgan fingerprint density at radius 3 is 2.73 bits per heavy atom. The van der Waals surface area contributed by atoms with Gasteiger partial charge in [-0.15, -0.1) is 0 Å². The highest BCUT2D eigenvalue weighted by molar-refractivity contribution is 5.83. The molecule has 0 bridgehead atoms. The number of ether oxygens (including phenoxy) is 1. The first-order valence-electron chi connectivity index (χ1n) is 10.1. The molecule has 2 fully saturated rings. The largest absolute Gasteiger partial charge is 0.471 e. The van der Waals surface area contributed by atoms with Gasteiger partial charge in [0.05, 0.1) is 18.0 Å². The average molecular weight is 411 g/mol. The van der Waals surface area contributed by atoms with E-state index in [4.69, 9.17) is 9.72 Å². The summed E-state index contributed by atoms with van der Waals surface area (Å²) in [6.07, 6.45) is 4.75. The molecule has 1 saturated carbocycles. The van der Waals surface area contributed by atoms with Crippen molar-refractivity contribution in [3.05, 3.63) is 24.5 Å². The first-order valence-corrected chi connectivity index (χ1v) is 10.1. The van der Waals surface area contributed by atoms with Crippen LogP contribution >= 0.6 is 0 Å². The van der Waals surface area contributed by atoms with E-state index in [-0.39, 0.29) is 12.0 Å². The van der Waals surface area contributed by atoms with Crippen LogP contribution in [0.4, 0.5) is 4.39 Å². The van der Waals surface area contributed by atoms with E-state index in [0.717, 1.165) is 5.56 Å². The molecule has 9 nitrogen and oxygen atoms in total. The average Bonchev–Trinajstić information content (AvgIpc) is 3.14. The zero-order valence-electron chi connectivity index (χ0n) is 16.8. The van der Waals surface area contributed by atoms with E-state index in [2.05, 4.69) is 19.9 Å². The highest BCUT2D eigenvalue weighted by Gasteiger charge is 2.47. The van der Waals surface area contributed by atoms with Crippen LogP contribution < -0.4 is 4.74 Å². The number of aromatic nitrogens is 6. The second-order valence-corrected chi connectivity index (χ2v) is 7.72. The van der Waals surface area contributed by atoms with Gasteiger partial charge in [-0.1, -0.05) is 0 Å². The third kappa shape index (κ3) is 3.25. The van der Waals surface area contributed by atoms with E-state index in [1.54, 1.807) is 17.3 Å². The van der Waals surface area contributed by atoms with Crippen molar-refractivity contribution >= 4 is 17.1 Å². The van der Waals surface area contributed by atoms with Gasteiger partial charge in [-0.3, -0.25) is 4.79 Å². The fraction of sp³-hybridized carbons (Fsp3) is 0.500. The molecule has 2 aliphatic rings. The Morgan fingerprint density at radius 2 is 2.03 bits per heavy atom. The number of rotatable bonds is 5. The SMILES string of the molecule is CCn1c(-c2cnc(C)nc2)nc2c(O[C@H]3CCN(C(=O)C4CC4F)C3)ncnc21. The molecule has 0 radical (unpaired) electrons. The first kappa shape index (κ1) is 18.8. The van der Waals surface area contributed by atoms with E-state index >= 15 is 0 Å². The second-order valence-electron chi connectivity index (χ2n) is 7.72. The minimum atomic E-state index is -0.985. The minimum Gasteiger partial charge on any atom is -0.471 e. The Balaban J connectivity index is 1.41. The molecule has 1 aliphatic carbocycles. The van der Waals surface area contributed by atoms with Gasteiger partial charge in [-0.2, -0.15) is 4.98 Å². The smallest absolute Gasteiger partial charge is 0.245 e. The summed E-state index contributed by atoms with van der Waals surface area (Å²) in [6, 6.07) is 0. The molecular weight excluding hydrogens is 389 g/mol. The van der Waals surface area contributed by atoms with Crippen molar-refractivity contribution in [1.82, 2.24) is 34.4 Å². The Bertz CT molecular complexity index is 1100. The maximum Gasteiger partial charge on any atom is 0.245 e. The zero-order chi connectivity index (χ0) is 20.8.